The molecule has 1 unspecified atom stereocenters. The molecular formula is C19H32N4. The van der Waals surface area contributed by atoms with Gasteiger partial charge in [0.15, 0.2) is 5.96 Å². The number of guanidine groups is 1. The number of hydrogen-bond donors (Lipinski definition) is 1. The predicted octanol–water partition coefficient (Wildman–Crippen LogP) is 3.07. The standard InChI is InChI=1S/C19H32N4/c1-7-8-9-14-23(6)19(20-3)21-15-18(22(4)5)17-12-10-16(2)11-13-17/h7,10-13,18H,1,8-9,14-15H2,2-6H3,(H,20,21). The number of rotatable bonds is 8. The number of aryl methyl sites for hydroxylation is 1. The number of hydrogen-bond acceptors (Lipinski definition) is 2. The van der Waals surface area contributed by atoms with Crippen molar-refractivity contribution in [3.8, 4) is 0 Å². The van der Waals surface area contributed by atoms with E-state index in [1.165, 1.54) is 11.1 Å². The van der Waals surface area contributed by atoms with Crippen molar-refractivity contribution in [2.75, 3.05) is 41.3 Å². The Hall–Kier alpha value is -1.81. The molecule has 0 radical (unpaired) electrons. The highest BCUT2D eigenvalue weighted by molar-refractivity contribution is 5.79. The molecule has 0 fully saturated rings. The first-order valence-electron chi connectivity index (χ1n) is 8.25. The molecule has 4 nitrogen and oxygen atoms in total. The first-order chi connectivity index (χ1) is 11.0. The van der Waals surface area contributed by atoms with Gasteiger partial charge in [-0.05, 0) is 39.4 Å². The third-order valence-electron chi connectivity index (χ3n) is 4.01. The highest BCUT2D eigenvalue weighted by Crippen LogP contribution is 2.18. The summed E-state index contributed by atoms with van der Waals surface area (Å²) in [6.45, 7) is 7.69. The van der Waals surface area contributed by atoms with Crippen LogP contribution in [0.1, 0.15) is 30.0 Å². The summed E-state index contributed by atoms with van der Waals surface area (Å²) >= 11 is 0. The molecule has 128 valence electrons. The SMILES string of the molecule is C=CCCCN(C)C(=NC)NCC(c1ccc(C)cc1)N(C)C. The molecule has 0 aliphatic rings. The van der Waals surface area contributed by atoms with E-state index >= 15 is 0 Å². The van der Waals surface area contributed by atoms with Gasteiger partial charge in [0.2, 0.25) is 0 Å². The third-order valence-corrected chi connectivity index (χ3v) is 4.01. The second-order valence-electron chi connectivity index (χ2n) is 6.17. The Balaban J connectivity index is 2.66. The Labute approximate surface area is 141 Å². The van der Waals surface area contributed by atoms with Crippen LogP contribution in [0.2, 0.25) is 0 Å². The monoisotopic (exact) mass is 316 g/mol. The van der Waals surface area contributed by atoms with Crippen molar-refractivity contribution in [1.29, 1.82) is 0 Å². The van der Waals surface area contributed by atoms with Gasteiger partial charge in [0, 0.05) is 27.2 Å². The van der Waals surface area contributed by atoms with Gasteiger partial charge in [-0.2, -0.15) is 0 Å². The normalized spacial score (nSPS) is 13.0. The summed E-state index contributed by atoms with van der Waals surface area (Å²) in [6, 6.07) is 9.06. The van der Waals surface area contributed by atoms with Crippen molar-refractivity contribution < 1.29 is 0 Å². The highest BCUT2D eigenvalue weighted by atomic mass is 15.3. The Morgan fingerprint density at radius 2 is 1.91 bits per heavy atom. The average molecular weight is 316 g/mol. The number of nitrogens with zero attached hydrogens (tertiary/aromatic N) is 3. The molecule has 0 aromatic heterocycles. The summed E-state index contributed by atoms with van der Waals surface area (Å²) in [5.41, 5.74) is 2.61. The summed E-state index contributed by atoms with van der Waals surface area (Å²) in [5, 5.41) is 3.50. The molecule has 0 heterocycles. The van der Waals surface area contributed by atoms with Crippen LogP contribution in [0.4, 0.5) is 0 Å². The summed E-state index contributed by atoms with van der Waals surface area (Å²) in [5.74, 6) is 0.938. The number of benzene rings is 1. The number of aliphatic imine (C=N–C) groups is 1. The lowest BCUT2D eigenvalue weighted by Crippen LogP contribution is -2.43. The lowest BCUT2D eigenvalue weighted by atomic mass is 10.0. The van der Waals surface area contributed by atoms with Crippen LogP contribution in [-0.2, 0) is 0 Å². The number of allylic oxidation sites excluding steroid dienone is 1. The van der Waals surface area contributed by atoms with Gasteiger partial charge in [0.1, 0.15) is 0 Å². The van der Waals surface area contributed by atoms with E-state index in [4.69, 9.17) is 0 Å². The van der Waals surface area contributed by atoms with E-state index in [0.29, 0.717) is 6.04 Å². The van der Waals surface area contributed by atoms with Gasteiger partial charge in [-0.15, -0.1) is 6.58 Å². The first kappa shape index (κ1) is 19.2. The van der Waals surface area contributed by atoms with E-state index in [1.54, 1.807) is 0 Å². The number of likely N-dealkylation sites (N-methyl/N-ethyl adjacent to an activating group) is 1. The molecule has 1 aromatic rings. The van der Waals surface area contributed by atoms with Gasteiger partial charge in [-0.25, -0.2) is 0 Å². The minimum atomic E-state index is 0.314. The minimum Gasteiger partial charge on any atom is -0.354 e. The third kappa shape index (κ3) is 6.45. The van der Waals surface area contributed by atoms with Gasteiger partial charge in [-0.1, -0.05) is 35.9 Å². The molecule has 0 saturated heterocycles. The van der Waals surface area contributed by atoms with Crippen molar-refractivity contribution in [2.45, 2.75) is 25.8 Å². The Morgan fingerprint density at radius 1 is 1.26 bits per heavy atom. The van der Waals surface area contributed by atoms with E-state index in [2.05, 4.69) is 79.0 Å². The lowest BCUT2D eigenvalue weighted by molar-refractivity contribution is 0.295. The smallest absolute Gasteiger partial charge is 0.193 e. The lowest BCUT2D eigenvalue weighted by Gasteiger charge is -2.28. The van der Waals surface area contributed by atoms with Crippen molar-refractivity contribution in [3.05, 3.63) is 48.0 Å². The fourth-order valence-corrected chi connectivity index (χ4v) is 2.54. The second kappa shape index (κ2) is 10.1. The van der Waals surface area contributed by atoms with Crippen LogP contribution in [0.3, 0.4) is 0 Å². The van der Waals surface area contributed by atoms with E-state index in [-0.39, 0.29) is 0 Å². The van der Waals surface area contributed by atoms with Crippen LogP contribution in [0.5, 0.6) is 0 Å². The summed E-state index contributed by atoms with van der Waals surface area (Å²) < 4.78 is 0. The summed E-state index contributed by atoms with van der Waals surface area (Å²) in [7, 11) is 8.14. The largest absolute Gasteiger partial charge is 0.354 e. The van der Waals surface area contributed by atoms with Gasteiger partial charge < -0.3 is 15.1 Å². The molecule has 0 bridgehead atoms. The molecule has 1 rings (SSSR count). The van der Waals surface area contributed by atoms with Gasteiger partial charge in [-0.3, -0.25) is 4.99 Å². The second-order valence-corrected chi connectivity index (χ2v) is 6.17. The number of nitrogens with one attached hydrogen (secondary N) is 1. The Morgan fingerprint density at radius 3 is 2.43 bits per heavy atom. The average Bonchev–Trinajstić information content (AvgIpc) is 2.52. The molecule has 0 aliphatic heterocycles. The van der Waals surface area contributed by atoms with Gasteiger partial charge in [0.05, 0.1) is 6.04 Å². The van der Waals surface area contributed by atoms with Crippen molar-refractivity contribution in [2.24, 2.45) is 4.99 Å². The maximum Gasteiger partial charge on any atom is 0.193 e. The molecular weight excluding hydrogens is 284 g/mol. The van der Waals surface area contributed by atoms with E-state index in [0.717, 1.165) is 31.9 Å². The molecule has 0 spiro atoms. The van der Waals surface area contributed by atoms with Crippen molar-refractivity contribution >= 4 is 5.96 Å². The van der Waals surface area contributed by atoms with Crippen molar-refractivity contribution in [3.63, 3.8) is 0 Å². The topological polar surface area (TPSA) is 30.9 Å². The van der Waals surface area contributed by atoms with Crippen LogP contribution in [-0.4, -0.2) is 57.0 Å². The van der Waals surface area contributed by atoms with E-state index < -0.39 is 0 Å². The van der Waals surface area contributed by atoms with Crippen LogP contribution >= 0.6 is 0 Å². The van der Waals surface area contributed by atoms with Crippen LogP contribution < -0.4 is 5.32 Å². The predicted molar refractivity (Wildman–Crippen MR) is 101 cm³/mol. The van der Waals surface area contributed by atoms with Gasteiger partial charge in [0.25, 0.3) is 0 Å². The molecule has 1 N–H and O–H groups in total. The quantitative estimate of drug-likeness (QED) is 0.346. The van der Waals surface area contributed by atoms with Crippen LogP contribution in [0.15, 0.2) is 41.9 Å². The van der Waals surface area contributed by atoms with E-state index in [9.17, 15) is 0 Å². The zero-order valence-electron chi connectivity index (χ0n) is 15.3. The molecule has 1 aromatic carbocycles. The molecule has 4 heteroatoms. The zero-order chi connectivity index (χ0) is 17.2. The number of unbranched alkanes of at least 4 members (excludes halogenated alkanes) is 1. The van der Waals surface area contributed by atoms with Gasteiger partial charge >= 0.3 is 0 Å². The molecule has 1 atom stereocenters. The molecule has 23 heavy (non-hydrogen) atoms. The first-order valence-corrected chi connectivity index (χ1v) is 8.25. The fourth-order valence-electron chi connectivity index (χ4n) is 2.54. The molecule has 0 saturated carbocycles. The maximum atomic E-state index is 4.39. The minimum absolute atomic E-state index is 0.314. The zero-order valence-corrected chi connectivity index (χ0v) is 15.3. The van der Waals surface area contributed by atoms with Crippen LogP contribution in [0.25, 0.3) is 0 Å². The highest BCUT2D eigenvalue weighted by Gasteiger charge is 2.15. The Kier molecular flexibility index (Phi) is 8.41. The Bertz CT molecular complexity index is 491. The van der Waals surface area contributed by atoms with Crippen LogP contribution in [0, 0.1) is 6.92 Å². The molecule has 0 amide bonds. The fraction of sp³-hybridized carbons (Fsp3) is 0.526. The maximum absolute atomic E-state index is 4.39. The summed E-state index contributed by atoms with van der Waals surface area (Å²) in [6.07, 6.45) is 4.09. The van der Waals surface area contributed by atoms with E-state index in [1.807, 2.05) is 13.1 Å². The molecule has 0 aliphatic carbocycles. The van der Waals surface area contributed by atoms with Crippen molar-refractivity contribution in [1.82, 2.24) is 15.1 Å². The summed E-state index contributed by atoms with van der Waals surface area (Å²) in [4.78, 5) is 8.80.